The van der Waals surface area contributed by atoms with Crippen LogP contribution in [0.3, 0.4) is 0 Å². The van der Waals surface area contributed by atoms with Crippen LogP contribution in [0.2, 0.25) is 0 Å². The average Bonchev–Trinajstić information content (AvgIpc) is 2.56. The van der Waals surface area contributed by atoms with Gasteiger partial charge in [-0.1, -0.05) is 25.1 Å². The van der Waals surface area contributed by atoms with Crippen LogP contribution in [-0.4, -0.2) is 18.8 Å². The quantitative estimate of drug-likeness (QED) is 0.560. The molecule has 0 aliphatic carbocycles. The zero-order valence-electron chi connectivity index (χ0n) is 13.7. The SMILES string of the molecule is CCSc1cc(CCc2ccccc2C(=O)OC)c(F)cc1C. The normalized spacial score (nSPS) is 10.6. The number of rotatable bonds is 6. The second-order valence-electron chi connectivity index (χ2n) is 5.29. The Morgan fingerprint density at radius 3 is 2.57 bits per heavy atom. The van der Waals surface area contributed by atoms with E-state index in [0.717, 1.165) is 21.8 Å². The van der Waals surface area contributed by atoms with Crippen molar-refractivity contribution in [3.63, 3.8) is 0 Å². The molecular formula is C19H21FO2S. The minimum absolute atomic E-state index is 0.182. The monoisotopic (exact) mass is 332 g/mol. The highest BCUT2D eigenvalue weighted by atomic mass is 32.2. The summed E-state index contributed by atoms with van der Waals surface area (Å²) in [6.45, 7) is 4.01. The van der Waals surface area contributed by atoms with Gasteiger partial charge in [-0.05, 0) is 60.4 Å². The molecule has 0 aliphatic heterocycles. The highest BCUT2D eigenvalue weighted by Crippen LogP contribution is 2.26. The third kappa shape index (κ3) is 4.35. The van der Waals surface area contributed by atoms with Crippen molar-refractivity contribution in [3.05, 3.63) is 64.5 Å². The first kappa shape index (κ1) is 17.5. The number of hydrogen-bond donors (Lipinski definition) is 0. The summed E-state index contributed by atoms with van der Waals surface area (Å²) in [5, 5.41) is 0. The van der Waals surface area contributed by atoms with E-state index in [-0.39, 0.29) is 11.8 Å². The molecule has 23 heavy (non-hydrogen) atoms. The van der Waals surface area contributed by atoms with E-state index in [9.17, 15) is 9.18 Å². The molecule has 2 nitrogen and oxygen atoms in total. The lowest BCUT2D eigenvalue weighted by Crippen LogP contribution is -2.07. The maximum Gasteiger partial charge on any atom is 0.338 e. The molecule has 0 amide bonds. The lowest BCUT2D eigenvalue weighted by atomic mass is 9.99. The molecular weight excluding hydrogens is 311 g/mol. The van der Waals surface area contributed by atoms with Crippen molar-refractivity contribution in [1.82, 2.24) is 0 Å². The number of carbonyl (C=O) groups excluding carboxylic acids is 1. The second-order valence-corrected chi connectivity index (χ2v) is 6.60. The van der Waals surface area contributed by atoms with Gasteiger partial charge >= 0.3 is 5.97 Å². The van der Waals surface area contributed by atoms with Crippen LogP contribution in [0.25, 0.3) is 0 Å². The van der Waals surface area contributed by atoms with E-state index in [4.69, 9.17) is 4.74 Å². The third-order valence-electron chi connectivity index (χ3n) is 3.73. The highest BCUT2D eigenvalue weighted by molar-refractivity contribution is 7.99. The fourth-order valence-corrected chi connectivity index (χ4v) is 3.34. The van der Waals surface area contributed by atoms with Gasteiger partial charge in [0, 0.05) is 4.90 Å². The van der Waals surface area contributed by atoms with Gasteiger partial charge in [0.25, 0.3) is 0 Å². The minimum atomic E-state index is -0.354. The van der Waals surface area contributed by atoms with E-state index >= 15 is 0 Å². The largest absolute Gasteiger partial charge is 0.465 e. The summed E-state index contributed by atoms with van der Waals surface area (Å²) in [6, 6.07) is 10.8. The first-order valence-corrected chi connectivity index (χ1v) is 8.63. The first-order valence-electron chi connectivity index (χ1n) is 7.64. The Labute approximate surface area is 141 Å². The predicted octanol–water partition coefficient (Wildman–Crippen LogP) is 4.82. The fourth-order valence-electron chi connectivity index (χ4n) is 2.51. The summed E-state index contributed by atoms with van der Waals surface area (Å²) in [7, 11) is 1.37. The summed E-state index contributed by atoms with van der Waals surface area (Å²) >= 11 is 1.72. The molecule has 4 heteroatoms. The van der Waals surface area contributed by atoms with Crippen molar-refractivity contribution < 1.29 is 13.9 Å². The Balaban J connectivity index is 2.21. The van der Waals surface area contributed by atoms with Crippen LogP contribution in [-0.2, 0) is 17.6 Å². The number of thioether (sulfide) groups is 1. The zero-order chi connectivity index (χ0) is 16.8. The van der Waals surface area contributed by atoms with Crippen LogP contribution < -0.4 is 0 Å². The summed E-state index contributed by atoms with van der Waals surface area (Å²) in [4.78, 5) is 12.9. The summed E-state index contributed by atoms with van der Waals surface area (Å²) in [5.41, 5.74) is 3.08. The first-order chi connectivity index (χ1) is 11.1. The average molecular weight is 332 g/mol. The number of benzene rings is 2. The molecule has 0 saturated heterocycles. The van der Waals surface area contributed by atoms with Gasteiger partial charge in [-0.25, -0.2) is 9.18 Å². The number of esters is 1. The second kappa shape index (κ2) is 8.16. The van der Waals surface area contributed by atoms with Gasteiger partial charge in [0.15, 0.2) is 0 Å². The van der Waals surface area contributed by atoms with Crippen molar-refractivity contribution in [2.75, 3.05) is 12.9 Å². The summed E-state index contributed by atoms with van der Waals surface area (Å²) < 4.78 is 19.0. The number of carbonyl (C=O) groups is 1. The van der Waals surface area contributed by atoms with Crippen LogP contribution >= 0.6 is 11.8 Å². The zero-order valence-corrected chi connectivity index (χ0v) is 14.5. The van der Waals surface area contributed by atoms with Crippen LogP contribution in [0.1, 0.15) is 34.0 Å². The van der Waals surface area contributed by atoms with Gasteiger partial charge in [0.2, 0.25) is 0 Å². The molecule has 0 N–H and O–H groups in total. The molecule has 0 spiro atoms. The molecule has 0 aliphatic rings. The number of halogens is 1. The lowest BCUT2D eigenvalue weighted by Gasteiger charge is -2.11. The molecule has 2 aromatic rings. The Morgan fingerprint density at radius 1 is 1.17 bits per heavy atom. The molecule has 0 bridgehead atoms. The summed E-state index contributed by atoms with van der Waals surface area (Å²) in [5.74, 6) is 0.419. The van der Waals surface area contributed by atoms with Crippen LogP contribution in [0, 0.1) is 12.7 Å². The standard InChI is InChI=1S/C19H21FO2S/c1-4-23-18-12-15(17(20)11-13(18)2)10-9-14-7-5-6-8-16(14)19(21)22-3/h5-8,11-12H,4,9-10H2,1-3H3. The van der Waals surface area contributed by atoms with Crippen LogP contribution in [0.4, 0.5) is 4.39 Å². The van der Waals surface area contributed by atoms with E-state index in [2.05, 4.69) is 6.92 Å². The Kier molecular flexibility index (Phi) is 6.22. The summed E-state index contributed by atoms with van der Waals surface area (Å²) in [6.07, 6.45) is 1.15. The maximum absolute atomic E-state index is 14.2. The van der Waals surface area contributed by atoms with Crippen molar-refractivity contribution in [2.45, 2.75) is 31.6 Å². The number of hydrogen-bond acceptors (Lipinski definition) is 3. The maximum atomic E-state index is 14.2. The van der Waals surface area contributed by atoms with Gasteiger partial charge in [-0.3, -0.25) is 0 Å². The molecule has 122 valence electrons. The van der Waals surface area contributed by atoms with Gasteiger partial charge in [0.05, 0.1) is 12.7 Å². The number of methoxy groups -OCH3 is 1. The molecule has 0 unspecified atom stereocenters. The predicted molar refractivity (Wildman–Crippen MR) is 92.7 cm³/mol. The number of ether oxygens (including phenoxy) is 1. The number of aryl methyl sites for hydroxylation is 3. The highest BCUT2D eigenvalue weighted by Gasteiger charge is 2.13. The molecule has 0 saturated carbocycles. The van der Waals surface area contributed by atoms with E-state index in [1.165, 1.54) is 7.11 Å². The van der Waals surface area contributed by atoms with Crippen molar-refractivity contribution >= 4 is 17.7 Å². The Morgan fingerprint density at radius 2 is 1.87 bits per heavy atom. The minimum Gasteiger partial charge on any atom is -0.465 e. The topological polar surface area (TPSA) is 26.3 Å². The molecule has 0 radical (unpaired) electrons. The van der Waals surface area contributed by atoms with Gasteiger partial charge < -0.3 is 4.74 Å². The van der Waals surface area contributed by atoms with Crippen LogP contribution in [0.15, 0.2) is 41.3 Å². The van der Waals surface area contributed by atoms with Crippen molar-refractivity contribution in [1.29, 1.82) is 0 Å². The lowest BCUT2D eigenvalue weighted by molar-refractivity contribution is 0.0599. The molecule has 2 aromatic carbocycles. The Hall–Kier alpha value is -1.81. The smallest absolute Gasteiger partial charge is 0.338 e. The third-order valence-corrected chi connectivity index (χ3v) is 4.77. The van der Waals surface area contributed by atoms with Crippen molar-refractivity contribution in [3.8, 4) is 0 Å². The van der Waals surface area contributed by atoms with E-state index in [0.29, 0.717) is 24.0 Å². The molecule has 0 aromatic heterocycles. The molecule has 0 heterocycles. The van der Waals surface area contributed by atoms with Gasteiger partial charge in [-0.2, -0.15) is 0 Å². The van der Waals surface area contributed by atoms with E-state index in [1.54, 1.807) is 30.0 Å². The Bertz CT molecular complexity index is 698. The molecule has 0 atom stereocenters. The van der Waals surface area contributed by atoms with E-state index in [1.807, 2.05) is 25.1 Å². The van der Waals surface area contributed by atoms with Gasteiger partial charge in [0.1, 0.15) is 5.82 Å². The molecule has 0 fully saturated rings. The molecule has 2 rings (SSSR count). The fraction of sp³-hybridized carbons (Fsp3) is 0.316. The van der Waals surface area contributed by atoms with Crippen molar-refractivity contribution in [2.24, 2.45) is 0 Å². The van der Waals surface area contributed by atoms with Crippen LogP contribution in [0.5, 0.6) is 0 Å². The van der Waals surface area contributed by atoms with E-state index < -0.39 is 0 Å². The van der Waals surface area contributed by atoms with Gasteiger partial charge in [-0.15, -0.1) is 11.8 Å².